The molecule has 0 unspecified atom stereocenters. The molecule has 2 rings (SSSR count). The molecule has 116 valence electrons. The van der Waals surface area contributed by atoms with Crippen LogP contribution >= 0.6 is 11.3 Å². The lowest BCUT2D eigenvalue weighted by Gasteiger charge is -2.29. The largest absolute Gasteiger partial charge is 0.140 e. The molecule has 0 aromatic carbocycles. The van der Waals surface area contributed by atoms with E-state index in [9.17, 15) is 0 Å². The molecule has 1 aliphatic carbocycles. The highest BCUT2D eigenvalue weighted by Gasteiger charge is 2.29. The van der Waals surface area contributed by atoms with Crippen molar-refractivity contribution in [1.82, 2.24) is 0 Å². The van der Waals surface area contributed by atoms with Crippen LogP contribution in [0.4, 0.5) is 0 Å². The zero-order valence-corrected chi connectivity index (χ0v) is 15.6. The van der Waals surface area contributed by atoms with Crippen LogP contribution in [0.3, 0.4) is 0 Å². The van der Waals surface area contributed by atoms with E-state index in [2.05, 4.69) is 72.0 Å². The lowest BCUT2D eigenvalue weighted by atomic mass is 9.76. The third-order valence-electron chi connectivity index (χ3n) is 4.52. The molecule has 0 radical (unpaired) electrons. The summed E-state index contributed by atoms with van der Waals surface area (Å²) in [4.78, 5) is 3.18. The summed E-state index contributed by atoms with van der Waals surface area (Å²) in [7, 11) is 0. The van der Waals surface area contributed by atoms with E-state index in [1.54, 1.807) is 16.0 Å². The van der Waals surface area contributed by atoms with Gasteiger partial charge in [-0.05, 0) is 68.1 Å². The maximum absolute atomic E-state index is 2.41. The number of thiophene rings is 1. The van der Waals surface area contributed by atoms with Crippen LogP contribution in [0, 0.1) is 18.3 Å². The van der Waals surface area contributed by atoms with Gasteiger partial charge in [-0.2, -0.15) is 0 Å². The summed E-state index contributed by atoms with van der Waals surface area (Å²) >= 11 is 2.05. The summed E-state index contributed by atoms with van der Waals surface area (Å²) in [5.41, 5.74) is 6.54. The van der Waals surface area contributed by atoms with Crippen molar-refractivity contribution in [2.75, 3.05) is 0 Å². The SMILES string of the molecule is CC(C)=C/C=C(/c1sc2c(c1C)CC(C)(C)CC2)C(C)C. The molecule has 1 heteroatoms. The first-order valence-electron chi connectivity index (χ1n) is 8.18. The minimum Gasteiger partial charge on any atom is -0.140 e. The lowest BCUT2D eigenvalue weighted by Crippen LogP contribution is -2.21. The van der Waals surface area contributed by atoms with Gasteiger partial charge in [-0.15, -0.1) is 11.3 Å². The van der Waals surface area contributed by atoms with E-state index in [0.29, 0.717) is 11.3 Å². The van der Waals surface area contributed by atoms with Gasteiger partial charge in [0.15, 0.2) is 0 Å². The summed E-state index contributed by atoms with van der Waals surface area (Å²) < 4.78 is 0. The summed E-state index contributed by atoms with van der Waals surface area (Å²) in [5.74, 6) is 0.576. The van der Waals surface area contributed by atoms with Crippen molar-refractivity contribution < 1.29 is 0 Å². The first kappa shape index (κ1) is 16.5. The standard InChI is InChI=1S/C20H30S/c1-13(2)8-9-16(14(3)4)19-15(5)17-12-20(6,7)11-10-18(17)21-19/h8-9,14H,10-12H2,1-7H3/b16-9+. The second-order valence-electron chi connectivity index (χ2n) is 7.82. The summed E-state index contributed by atoms with van der Waals surface area (Å²) in [6, 6.07) is 0. The monoisotopic (exact) mass is 302 g/mol. The van der Waals surface area contributed by atoms with Crippen molar-refractivity contribution in [1.29, 1.82) is 0 Å². The van der Waals surface area contributed by atoms with E-state index in [-0.39, 0.29) is 0 Å². The molecule has 0 N–H and O–H groups in total. The Labute approximate surface area is 135 Å². The lowest BCUT2D eigenvalue weighted by molar-refractivity contribution is 0.317. The van der Waals surface area contributed by atoms with Gasteiger partial charge in [0.1, 0.15) is 0 Å². The summed E-state index contributed by atoms with van der Waals surface area (Å²) in [6.07, 6.45) is 8.45. The Bertz CT molecular complexity index is 575. The average molecular weight is 303 g/mol. The topological polar surface area (TPSA) is 0 Å². The predicted molar refractivity (Wildman–Crippen MR) is 97.1 cm³/mol. The number of rotatable bonds is 3. The van der Waals surface area contributed by atoms with Crippen molar-refractivity contribution in [3.8, 4) is 0 Å². The average Bonchev–Trinajstić information content (AvgIpc) is 2.66. The Morgan fingerprint density at radius 1 is 1.19 bits per heavy atom. The number of hydrogen-bond donors (Lipinski definition) is 0. The van der Waals surface area contributed by atoms with Gasteiger partial charge in [0.25, 0.3) is 0 Å². The van der Waals surface area contributed by atoms with Gasteiger partial charge in [0.05, 0.1) is 0 Å². The molecule has 0 atom stereocenters. The van der Waals surface area contributed by atoms with E-state index < -0.39 is 0 Å². The fraction of sp³-hybridized carbons (Fsp3) is 0.600. The first-order valence-corrected chi connectivity index (χ1v) is 8.99. The van der Waals surface area contributed by atoms with Crippen molar-refractivity contribution in [3.63, 3.8) is 0 Å². The molecule has 1 aromatic rings. The van der Waals surface area contributed by atoms with E-state index in [0.717, 1.165) is 0 Å². The number of aryl methyl sites for hydroxylation is 1. The second kappa shape index (κ2) is 6.12. The Morgan fingerprint density at radius 3 is 2.43 bits per heavy atom. The van der Waals surface area contributed by atoms with Crippen LogP contribution in [0.25, 0.3) is 5.57 Å². The molecule has 0 spiro atoms. The highest BCUT2D eigenvalue weighted by atomic mass is 32.1. The fourth-order valence-corrected chi connectivity index (χ4v) is 4.62. The Morgan fingerprint density at radius 2 is 1.86 bits per heavy atom. The van der Waals surface area contributed by atoms with Crippen LogP contribution in [0.5, 0.6) is 0 Å². The second-order valence-corrected chi connectivity index (χ2v) is 8.92. The predicted octanol–water partition coefficient (Wildman–Crippen LogP) is 6.58. The quantitative estimate of drug-likeness (QED) is 0.553. The van der Waals surface area contributed by atoms with Gasteiger partial charge >= 0.3 is 0 Å². The molecule has 0 aliphatic heterocycles. The summed E-state index contributed by atoms with van der Waals surface area (Å²) in [5, 5.41) is 0. The van der Waals surface area contributed by atoms with Crippen LogP contribution in [0.1, 0.15) is 68.8 Å². The molecular weight excluding hydrogens is 272 g/mol. The number of hydrogen-bond acceptors (Lipinski definition) is 1. The Balaban J connectivity index is 2.47. The third kappa shape index (κ3) is 3.69. The van der Waals surface area contributed by atoms with Gasteiger partial charge in [-0.1, -0.05) is 45.4 Å². The van der Waals surface area contributed by atoms with Gasteiger partial charge in [-0.25, -0.2) is 0 Å². The van der Waals surface area contributed by atoms with Gasteiger partial charge in [0.2, 0.25) is 0 Å². The molecule has 0 nitrogen and oxygen atoms in total. The first-order chi connectivity index (χ1) is 9.71. The molecule has 1 heterocycles. The molecule has 0 saturated carbocycles. The van der Waals surface area contributed by atoms with Crippen LogP contribution in [-0.2, 0) is 12.8 Å². The fourth-order valence-electron chi connectivity index (χ4n) is 3.12. The smallest absolute Gasteiger partial charge is 0.0339 e. The molecule has 1 aliphatic rings. The minimum absolute atomic E-state index is 0.470. The molecule has 0 amide bonds. The number of allylic oxidation sites excluding steroid dienone is 4. The normalized spacial score (nSPS) is 17.8. The zero-order valence-electron chi connectivity index (χ0n) is 14.8. The van der Waals surface area contributed by atoms with Gasteiger partial charge < -0.3 is 0 Å². The van der Waals surface area contributed by atoms with Crippen LogP contribution < -0.4 is 0 Å². The minimum atomic E-state index is 0.470. The van der Waals surface area contributed by atoms with Crippen LogP contribution in [0.2, 0.25) is 0 Å². The molecule has 0 fully saturated rings. The van der Waals surface area contributed by atoms with Crippen molar-refractivity contribution in [2.24, 2.45) is 11.3 Å². The van der Waals surface area contributed by atoms with E-state index >= 15 is 0 Å². The van der Waals surface area contributed by atoms with Crippen molar-refractivity contribution in [3.05, 3.63) is 38.6 Å². The molecule has 0 bridgehead atoms. The van der Waals surface area contributed by atoms with Gasteiger partial charge in [-0.3, -0.25) is 0 Å². The molecular formula is C20H30S. The summed E-state index contributed by atoms with van der Waals surface area (Å²) in [6.45, 7) is 16.1. The van der Waals surface area contributed by atoms with E-state index in [4.69, 9.17) is 0 Å². The molecule has 0 saturated heterocycles. The maximum Gasteiger partial charge on any atom is 0.0339 e. The maximum atomic E-state index is 2.41. The van der Waals surface area contributed by atoms with Gasteiger partial charge in [0, 0.05) is 9.75 Å². The zero-order chi connectivity index (χ0) is 15.8. The number of fused-ring (bicyclic) bond motifs is 1. The highest BCUT2D eigenvalue weighted by molar-refractivity contribution is 7.13. The van der Waals surface area contributed by atoms with E-state index in [1.807, 2.05) is 0 Å². The molecule has 1 aromatic heterocycles. The van der Waals surface area contributed by atoms with Crippen molar-refractivity contribution >= 4 is 16.9 Å². The van der Waals surface area contributed by atoms with E-state index in [1.165, 1.54) is 35.3 Å². The third-order valence-corrected chi connectivity index (χ3v) is 5.96. The highest BCUT2D eigenvalue weighted by Crippen LogP contribution is 2.44. The van der Waals surface area contributed by atoms with Crippen LogP contribution in [-0.4, -0.2) is 0 Å². The Hall–Kier alpha value is -0.820. The van der Waals surface area contributed by atoms with Crippen LogP contribution in [0.15, 0.2) is 17.7 Å². The Kier molecular flexibility index (Phi) is 4.82. The molecule has 21 heavy (non-hydrogen) atoms. The van der Waals surface area contributed by atoms with Crippen molar-refractivity contribution in [2.45, 2.75) is 67.7 Å².